The molecule has 38 valence electrons. The van der Waals surface area contributed by atoms with Gasteiger partial charge in [-0.1, -0.05) is 0 Å². The number of hydrogen-bond acceptors (Lipinski definition) is 3. The number of halogens is 1. The molecule has 0 atom stereocenters. The minimum absolute atomic E-state index is 0. The summed E-state index contributed by atoms with van der Waals surface area (Å²) in [5, 5.41) is 3.90. The summed E-state index contributed by atoms with van der Waals surface area (Å²) >= 11 is 0. The fourth-order valence-electron chi connectivity index (χ4n) is 0. The van der Waals surface area contributed by atoms with Crippen molar-refractivity contribution in [2.45, 2.75) is 0 Å². The van der Waals surface area contributed by atoms with Gasteiger partial charge in [-0.15, -0.1) is 0 Å². The van der Waals surface area contributed by atoms with Gasteiger partial charge in [-0.3, -0.25) is 5.41 Å². The number of thiol groups is 1. The summed E-state index contributed by atoms with van der Waals surface area (Å²) in [6, 6.07) is 0. The molecule has 0 heterocycles. The van der Waals surface area contributed by atoms with Gasteiger partial charge in [0, 0.05) is 0 Å². The predicted octanol–water partition coefficient (Wildman–Crippen LogP) is -1.15. The van der Waals surface area contributed by atoms with Crippen molar-refractivity contribution in [3.8, 4) is 0 Å². The molecular weight excluding hydrogens is 116 g/mol. The molecule has 0 aliphatic heterocycles. The standard InChI is InChI=1S/CH2FNO2S.Li.H/c2-1(3)6(4)5;;/h3,6H;;. The fourth-order valence-corrected chi connectivity index (χ4v) is 0. The van der Waals surface area contributed by atoms with E-state index in [1.54, 1.807) is 0 Å². The second-order valence-electron chi connectivity index (χ2n) is 0.548. The molecule has 3 nitrogen and oxygen atoms in total. The van der Waals surface area contributed by atoms with Gasteiger partial charge >= 0.3 is 18.9 Å². The summed E-state index contributed by atoms with van der Waals surface area (Å²) in [5.74, 6) is 0. The van der Waals surface area contributed by atoms with Crippen molar-refractivity contribution in [2.75, 3.05) is 0 Å². The zero-order valence-electron chi connectivity index (χ0n) is 2.64. The summed E-state index contributed by atoms with van der Waals surface area (Å²) < 4.78 is 29.1. The molecular formula is CH3FLiNO2S. The zero-order valence-corrected chi connectivity index (χ0v) is 3.54. The van der Waals surface area contributed by atoms with Crippen LogP contribution in [0.5, 0.6) is 0 Å². The second-order valence-corrected chi connectivity index (χ2v) is 1.45. The molecule has 0 rings (SSSR count). The zero-order chi connectivity index (χ0) is 5.15. The summed E-state index contributed by atoms with van der Waals surface area (Å²) in [6.07, 6.45) is 0. The Morgan fingerprint density at radius 1 is 1.57 bits per heavy atom. The van der Waals surface area contributed by atoms with Gasteiger partial charge in [0.15, 0.2) is 0 Å². The molecule has 6 heteroatoms. The first-order chi connectivity index (χ1) is 2.64. The van der Waals surface area contributed by atoms with E-state index in [-0.39, 0.29) is 18.9 Å². The van der Waals surface area contributed by atoms with E-state index in [4.69, 9.17) is 13.8 Å². The topological polar surface area (TPSA) is 58.0 Å². The molecule has 0 spiro atoms. The van der Waals surface area contributed by atoms with Crippen molar-refractivity contribution >= 4 is 34.9 Å². The molecule has 1 N–H and O–H groups in total. The SMILES string of the molecule is N=C(F)[SH](=O)=O.[LiH]. The van der Waals surface area contributed by atoms with Crippen LogP contribution < -0.4 is 0 Å². The van der Waals surface area contributed by atoms with Crippen LogP contribution in [0.4, 0.5) is 4.39 Å². The molecule has 0 aromatic carbocycles. The third-order valence-electron chi connectivity index (χ3n) is 0.160. The first-order valence-corrected chi connectivity index (χ1v) is 2.21. The molecule has 0 fully saturated rings. The van der Waals surface area contributed by atoms with Crippen molar-refractivity contribution in [1.82, 2.24) is 0 Å². The molecule has 0 radical (unpaired) electrons. The molecule has 0 amide bonds. The van der Waals surface area contributed by atoms with E-state index < -0.39 is 16.0 Å². The second kappa shape index (κ2) is 4.31. The van der Waals surface area contributed by atoms with Crippen molar-refractivity contribution in [2.24, 2.45) is 0 Å². The van der Waals surface area contributed by atoms with Crippen molar-refractivity contribution < 1.29 is 12.8 Å². The van der Waals surface area contributed by atoms with Crippen LogP contribution in [0.2, 0.25) is 0 Å². The quantitative estimate of drug-likeness (QED) is 0.183. The average Bonchev–Trinajstić information content (AvgIpc) is 1.36. The van der Waals surface area contributed by atoms with Crippen LogP contribution in [0.1, 0.15) is 0 Å². The van der Waals surface area contributed by atoms with Crippen molar-refractivity contribution in [3.05, 3.63) is 0 Å². The maximum absolute atomic E-state index is 10.8. The third-order valence-corrected chi connectivity index (χ3v) is 0.481. The normalized spacial score (nSPS) is 7.71. The Balaban J connectivity index is 0. The molecule has 0 aromatic heterocycles. The van der Waals surface area contributed by atoms with Crippen LogP contribution in [0, 0.1) is 5.41 Å². The molecule has 7 heavy (non-hydrogen) atoms. The molecule has 0 saturated heterocycles. The Bertz CT molecular complexity index is 124. The average molecular weight is 119 g/mol. The molecule has 0 aliphatic rings. The summed E-state index contributed by atoms with van der Waals surface area (Å²) in [4.78, 5) is 0. The maximum atomic E-state index is 10.8. The van der Waals surface area contributed by atoms with Gasteiger partial charge in [0.05, 0.1) is 0 Å². The minimum atomic E-state index is -3.24. The van der Waals surface area contributed by atoms with Crippen LogP contribution in [-0.2, 0) is 10.7 Å². The Morgan fingerprint density at radius 2 is 1.71 bits per heavy atom. The van der Waals surface area contributed by atoms with Crippen LogP contribution in [0.25, 0.3) is 0 Å². The third kappa shape index (κ3) is 6.15. The molecule has 0 unspecified atom stereocenters. The summed E-state index contributed by atoms with van der Waals surface area (Å²) in [7, 11) is -3.24. The molecule has 0 aliphatic carbocycles. The van der Waals surface area contributed by atoms with Crippen LogP contribution in [0.3, 0.4) is 0 Å². The van der Waals surface area contributed by atoms with Gasteiger partial charge in [-0.25, -0.2) is 8.42 Å². The van der Waals surface area contributed by atoms with Crippen molar-refractivity contribution in [1.29, 1.82) is 5.41 Å². The Morgan fingerprint density at radius 3 is 1.71 bits per heavy atom. The van der Waals surface area contributed by atoms with Gasteiger partial charge < -0.3 is 0 Å². The van der Waals surface area contributed by atoms with Gasteiger partial charge in [-0.2, -0.15) is 4.39 Å². The van der Waals surface area contributed by atoms with Crippen molar-refractivity contribution in [3.63, 3.8) is 0 Å². The number of rotatable bonds is 0. The van der Waals surface area contributed by atoms with Gasteiger partial charge in [0.25, 0.3) is 5.30 Å². The molecule has 0 bridgehead atoms. The molecule has 0 aromatic rings. The number of nitrogens with one attached hydrogen (secondary N) is 1. The van der Waals surface area contributed by atoms with E-state index in [1.807, 2.05) is 0 Å². The monoisotopic (exact) mass is 119 g/mol. The Hall–Kier alpha value is 0.147. The van der Waals surface area contributed by atoms with E-state index in [2.05, 4.69) is 0 Å². The van der Waals surface area contributed by atoms with Gasteiger partial charge in [-0.05, 0) is 0 Å². The van der Waals surface area contributed by atoms with Crippen LogP contribution >= 0.6 is 0 Å². The van der Waals surface area contributed by atoms with Crippen LogP contribution in [0.15, 0.2) is 0 Å². The van der Waals surface area contributed by atoms with E-state index >= 15 is 0 Å². The van der Waals surface area contributed by atoms with E-state index in [0.29, 0.717) is 0 Å². The van der Waals surface area contributed by atoms with E-state index in [1.165, 1.54) is 0 Å². The van der Waals surface area contributed by atoms with Gasteiger partial charge in [0.2, 0.25) is 10.7 Å². The first-order valence-electron chi connectivity index (χ1n) is 1.03. The van der Waals surface area contributed by atoms with Crippen LogP contribution in [-0.4, -0.2) is 32.6 Å². The summed E-state index contributed by atoms with van der Waals surface area (Å²) in [5.41, 5.74) is 0. The van der Waals surface area contributed by atoms with E-state index in [0.717, 1.165) is 0 Å². The summed E-state index contributed by atoms with van der Waals surface area (Å²) in [6.45, 7) is 0. The van der Waals surface area contributed by atoms with E-state index in [9.17, 15) is 4.39 Å². The number of hydrogen-bond donors (Lipinski definition) is 2. The molecule has 0 saturated carbocycles. The Labute approximate surface area is 53.5 Å². The fraction of sp³-hybridized carbons (Fsp3) is 0. The first kappa shape index (κ1) is 10.2. The Kier molecular flexibility index (Phi) is 6.28. The van der Waals surface area contributed by atoms with Gasteiger partial charge in [0.1, 0.15) is 0 Å². The predicted molar refractivity (Wildman–Crippen MR) is 26.3 cm³/mol.